The number of rotatable bonds is 5. The summed E-state index contributed by atoms with van der Waals surface area (Å²) in [5.41, 5.74) is 0.761. The van der Waals surface area contributed by atoms with Gasteiger partial charge in [0.15, 0.2) is 11.5 Å². The van der Waals surface area contributed by atoms with Gasteiger partial charge in [0.05, 0.1) is 14.9 Å². The number of benzene rings is 2. The van der Waals surface area contributed by atoms with E-state index >= 15 is 0 Å². The van der Waals surface area contributed by atoms with Crippen LogP contribution in [0.5, 0.6) is 11.5 Å². The molecule has 2 aromatic rings. The van der Waals surface area contributed by atoms with Crippen molar-refractivity contribution >= 4 is 33.2 Å². The van der Waals surface area contributed by atoms with Crippen molar-refractivity contribution in [2.75, 3.05) is 19.8 Å². The summed E-state index contributed by atoms with van der Waals surface area (Å²) in [6, 6.07) is 9.74. The molecule has 0 fully saturated rings. The first-order valence-electron chi connectivity index (χ1n) is 7.75. The van der Waals surface area contributed by atoms with Gasteiger partial charge in [0.2, 0.25) is 10.0 Å². The summed E-state index contributed by atoms with van der Waals surface area (Å²) in [5, 5.41) is 0.829. The van der Waals surface area contributed by atoms with E-state index in [9.17, 15) is 8.42 Å². The molecule has 8 heteroatoms. The van der Waals surface area contributed by atoms with Crippen LogP contribution >= 0.6 is 23.2 Å². The van der Waals surface area contributed by atoms with Crippen LogP contribution in [0.15, 0.2) is 41.3 Å². The molecule has 3 rings (SSSR count). The summed E-state index contributed by atoms with van der Waals surface area (Å²) in [4.78, 5) is 0.165. The Morgan fingerprint density at radius 1 is 1.00 bits per heavy atom. The summed E-state index contributed by atoms with van der Waals surface area (Å²) in [6.07, 6.45) is 0. The van der Waals surface area contributed by atoms with E-state index in [1.807, 2.05) is 0 Å². The summed E-state index contributed by atoms with van der Waals surface area (Å²) < 4.78 is 38.2. The smallest absolute Gasteiger partial charge is 0.243 e. The zero-order chi connectivity index (χ0) is 18.0. The lowest BCUT2D eigenvalue weighted by Crippen LogP contribution is -2.30. The number of fused-ring (bicyclic) bond motifs is 1. The van der Waals surface area contributed by atoms with Gasteiger partial charge in [-0.3, -0.25) is 0 Å². The monoisotopic (exact) mass is 401 g/mol. The molecule has 1 aliphatic heterocycles. The molecule has 134 valence electrons. The summed E-state index contributed by atoms with van der Waals surface area (Å²) in [5.74, 6) is 0.996. The zero-order valence-electron chi connectivity index (χ0n) is 13.5. The topological polar surface area (TPSA) is 55.8 Å². The largest absolute Gasteiger partial charge is 0.486 e. The molecule has 2 aromatic carbocycles. The Kier molecular flexibility index (Phi) is 5.43. The van der Waals surface area contributed by atoms with E-state index < -0.39 is 10.0 Å². The van der Waals surface area contributed by atoms with Crippen molar-refractivity contribution in [3.63, 3.8) is 0 Å². The van der Waals surface area contributed by atoms with Crippen LogP contribution in [-0.4, -0.2) is 32.5 Å². The number of hydrogen-bond acceptors (Lipinski definition) is 4. The lowest BCUT2D eigenvalue weighted by Gasteiger charge is -2.23. The molecule has 0 unspecified atom stereocenters. The Bertz CT molecular complexity index is 886. The molecule has 0 N–H and O–H groups in total. The predicted molar refractivity (Wildman–Crippen MR) is 97.2 cm³/mol. The standard InChI is InChI=1S/C17H17Cl2NO4S/c1-2-20(11-12-3-5-14(18)15(19)9-12)25(21,22)13-4-6-16-17(10-13)24-8-7-23-16/h3-6,9-10H,2,7-8,11H2,1H3. The van der Waals surface area contributed by atoms with Crippen molar-refractivity contribution in [3.8, 4) is 11.5 Å². The van der Waals surface area contributed by atoms with E-state index in [4.69, 9.17) is 32.7 Å². The molecule has 0 bridgehead atoms. The Morgan fingerprint density at radius 2 is 1.72 bits per heavy atom. The van der Waals surface area contributed by atoms with Crippen LogP contribution in [0.25, 0.3) is 0 Å². The Labute approximate surface area is 157 Å². The maximum absolute atomic E-state index is 13.0. The summed E-state index contributed by atoms with van der Waals surface area (Å²) in [6.45, 7) is 3.16. The van der Waals surface area contributed by atoms with E-state index in [1.54, 1.807) is 31.2 Å². The average molecular weight is 402 g/mol. The minimum atomic E-state index is -3.68. The van der Waals surface area contributed by atoms with Gasteiger partial charge in [-0.2, -0.15) is 4.31 Å². The minimum absolute atomic E-state index is 0.165. The quantitative estimate of drug-likeness (QED) is 0.760. The highest BCUT2D eigenvalue weighted by Gasteiger charge is 2.25. The normalized spacial score (nSPS) is 13.9. The lowest BCUT2D eigenvalue weighted by atomic mass is 10.2. The molecule has 0 aliphatic carbocycles. The molecule has 1 aliphatic rings. The molecule has 0 atom stereocenters. The predicted octanol–water partition coefficient (Wildman–Crippen LogP) is 3.98. The first-order valence-corrected chi connectivity index (χ1v) is 9.95. The van der Waals surface area contributed by atoms with Crippen LogP contribution in [0.4, 0.5) is 0 Å². The Hall–Kier alpha value is -1.47. The van der Waals surface area contributed by atoms with E-state index in [0.717, 1.165) is 5.56 Å². The highest BCUT2D eigenvalue weighted by molar-refractivity contribution is 7.89. The van der Waals surface area contributed by atoms with Crippen molar-refractivity contribution in [2.24, 2.45) is 0 Å². The Balaban J connectivity index is 1.89. The number of sulfonamides is 1. The lowest BCUT2D eigenvalue weighted by molar-refractivity contribution is 0.171. The van der Waals surface area contributed by atoms with Gasteiger partial charge < -0.3 is 9.47 Å². The highest BCUT2D eigenvalue weighted by atomic mass is 35.5. The van der Waals surface area contributed by atoms with Crippen LogP contribution < -0.4 is 9.47 Å². The average Bonchev–Trinajstić information content (AvgIpc) is 2.62. The maximum atomic E-state index is 13.0. The van der Waals surface area contributed by atoms with Crippen LogP contribution in [0.2, 0.25) is 10.0 Å². The van der Waals surface area contributed by atoms with Gasteiger partial charge in [-0.1, -0.05) is 36.2 Å². The number of halogens is 2. The third-order valence-electron chi connectivity index (χ3n) is 3.85. The fourth-order valence-electron chi connectivity index (χ4n) is 2.54. The molecule has 5 nitrogen and oxygen atoms in total. The molecule has 25 heavy (non-hydrogen) atoms. The second kappa shape index (κ2) is 7.41. The Morgan fingerprint density at radius 3 is 2.40 bits per heavy atom. The van der Waals surface area contributed by atoms with Gasteiger partial charge >= 0.3 is 0 Å². The fraction of sp³-hybridized carbons (Fsp3) is 0.294. The number of ether oxygens (including phenoxy) is 2. The zero-order valence-corrected chi connectivity index (χ0v) is 15.9. The molecule has 0 saturated carbocycles. The molecule has 0 radical (unpaired) electrons. The van der Waals surface area contributed by atoms with Crippen molar-refractivity contribution in [2.45, 2.75) is 18.4 Å². The third kappa shape index (κ3) is 3.87. The number of hydrogen-bond donors (Lipinski definition) is 0. The van der Waals surface area contributed by atoms with Gasteiger partial charge in [0.25, 0.3) is 0 Å². The van der Waals surface area contributed by atoms with Crippen molar-refractivity contribution in [1.29, 1.82) is 0 Å². The van der Waals surface area contributed by atoms with Crippen molar-refractivity contribution < 1.29 is 17.9 Å². The fourth-order valence-corrected chi connectivity index (χ4v) is 4.32. The van der Waals surface area contributed by atoms with Crippen LogP contribution in [0, 0.1) is 0 Å². The highest BCUT2D eigenvalue weighted by Crippen LogP contribution is 2.33. The molecule has 1 heterocycles. The molecule has 0 aromatic heterocycles. The second-order valence-electron chi connectivity index (χ2n) is 5.49. The maximum Gasteiger partial charge on any atom is 0.243 e. The van der Waals surface area contributed by atoms with E-state index in [2.05, 4.69) is 0 Å². The van der Waals surface area contributed by atoms with E-state index in [0.29, 0.717) is 41.3 Å². The van der Waals surface area contributed by atoms with Crippen molar-refractivity contribution in [1.82, 2.24) is 4.31 Å². The first kappa shape index (κ1) is 18.3. The van der Waals surface area contributed by atoms with E-state index in [-0.39, 0.29) is 11.4 Å². The van der Waals surface area contributed by atoms with Gasteiger partial charge in [-0.25, -0.2) is 8.42 Å². The van der Waals surface area contributed by atoms with E-state index in [1.165, 1.54) is 16.4 Å². The molecule has 0 saturated heterocycles. The summed E-state index contributed by atoms with van der Waals surface area (Å²) >= 11 is 11.9. The second-order valence-corrected chi connectivity index (χ2v) is 8.24. The van der Waals surface area contributed by atoms with Gasteiger partial charge in [0, 0.05) is 19.2 Å². The minimum Gasteiger partial charge on any atom is -0.486 e. The van der Waals surface area contributed by atoms with Crippen LogP contribution in [-0.2, 0) is 16.6 Å². The van der Waals surface area contributed by atoms with Crippen LogP contribution in [0.1, 0.15) is 12.5 Å². The SMILES string of the molecule is CCN(Cc1ccc(Cl)c(Cl)c1)S(=O)(=O)c1ccc2c(c1)OCCO2. The molecular formula is C17H17Cl2NO4S. The van der Waals surface area contributed by atoms with Gasteiger partial charge in [0.1, 0.15) is 13.2 Å². The van der Waals surface area contributed by atoms with Crippen molar-refractivity contribution in [3.05, 3.63) is 52.0 Å². The summed E-state index contributed by atoms with van der Waals surface area (Å²) in [7, 11) is -3.68. The van der Waals surface area contributed by atoms with Gasteiger partial charge in [-0.05, 0) is 29.8 Å². The molecule has 0 spiro atoms. The number of nitrogens with zero attached hydrogens (tertiary/aromatic N) is 1. The third-order valence-corrected chi connectivity index (χ3v) is 6.50. The molecule has 0 amide bonds. The first-order chi connectivity index (χ1) is 11.9. The van der Waals surface area contributed by atoms with Gasteiger partial charge in [-0.15, -0.1) is 0 Å². The van der Waals surface area contributed by atoms with Crippen LogP contribution in [0.3, 0.4) is 0 Å². The molecular weight excluding hydrogens is 385 g/mol.